The number of hydrogen-bond donors (Lipinski definition) is 2. The van der Waals surface area contributed by atoms with E-state index in [1.165, 1.54) is 13.8 Å². The molecule has 1 aromatic rings. The fraction of sp³-hybridized carbons (Fsp3) is 0.250. The summed E-state index contributed by atoms with van der Waals surface area (Å²) < 4.78 is 36.4. The summed E-state index contributed by atoms with van der Waals surface area (Å²) in [5.74, 6) is -3.44. The van der Waals surface area contributed by atoms with Crippen molar-refractivity contribution >= 4 is 17.6 Å². The molecule has 1 aromatic carbocycles. The van der Waals surface area contributed by atoms with Crippen LogP contribution in [0.3, 0.4) is 0 Å². The molecule has 0 saturated heterocycles. The first-order valence-electron chi connectivity index (χ1n) is 8.76. The second-order valence-corrected chi connectivity index (χ2v) is 5.01. The average Bonchev–Trinajstić information content (AvgIpc) is 2.60. The molecule has 8 nitrogen and oxygen atoms in total. The number of allylic oxidation sites excluding steroid dienone is 2. The molecule has 1 unspecified atom stereocenters. The molecule has 1 aliphatic heterocycles. The Labute approximate surface area is 143 Å². The summed E-state index contributed by atoms with van der Waals surface area (Å²) in [4.78, 5) is 35.2. The number of amides is 1. The Hall–Kier alpha value is -3.16. The number of primary amides is 1. The number of para-hydroxylation sites is 1. The number of nitrogens with one attached hydrogen (secondary N) is 1. The van der Waals surface area contributed by atoms with Gasteiger partial charge in [0, 0.05) is 28.6 Å². The van der Waals surface area contributed by atoms with Crippen LogP contribution in [0.2, 0.25) is 0 Å². The van der Waals surface area contributed by atoms with E-state index in [-0.39, 0.29) is 22.5 Å². The second kappa shape index (κ2) is 6.53. The normalized spacial score (nSPS) is 19.7. The molecule has 2 rings (SSSR count). The quantitative estimate of drug-likeness (QED) is 0.488. The van der Waals surface area contributed by atoms with Crippen molar-refractivity contribution in [2.24, 2.45) is 5.73 Å². The molecule has 0 radical (unpaired) electrons. The van der Waals surface area contributed by atoms with E-state index in [4.69, 9.17) is 16.0 Å². The third-order valence-corrected chi connectivity index (χ3v) is 3.60. The summed E-state index contributed by atoms with van der Waals surface area (Å²) in [6.45, 7) is 2.93. The van der Waals surface area contributed by atoms with Crippen molar-refractivity contribution in [1.82, 2.24) is 5.32 Å². The SMILES string of the molecule is [2H]c1c([2H])c([2H])c([N+](=O)[O-])c(C2C(C(N)=O)=C(C)NC(C)=C2C(=O)OC)c1[2H]. The fourth-order valence-corrected chi connectivity index (χ4v) is 2.66. The van der Waals surface area contributed by atoms with Gasteiger partial charge in [0.15, 0.2) is 0 Å². The standard InChI is InChI=1S/C16H17N3O5/c1-8-12(15(17)20)14(13(9(2)18-8)16(21)24-3)10-6-4-5-7-11(10)19(22)23/h4-7,14,18H,1-3H3,(H2,17,20)/i4D,5D,6D,7D. The number of nitro groups is 1. The number of methoxy groups -OCH3 is 1. The van der Waals surface area contributed by atoms with E-state index in [9.17, 15) is 19.7 Å². The van der Waals surface area contributed by atoms with E-state index >= 15 is 0 Å². The molecule has 0 fully saturated rings. The molecule has 1 heterocycles. The monoisotopic (exact) mass is 335 g/mol. The summed E-state index contributed by atoms with van der Waals surface area (Å²) in [5, 5.41) is 14.4. The van der Waals surface area contributed by atoms with Crippen LogP contribution in [0.4, 0.5) is 5.69 Å². The lowest BCUT2D eigenvalue weighted by atomic mass is 9.79. The zero-order valence-corrected chi connectivity index (χ0v) is 13.1. The second-order valence-electron chi connectivity index (χ2n) is 5.01. The highest BCUT2D eigenvalue weighted by Gasteiger charge is 2.39. The smallest absolute Gasteiger partial charge is 0.336 e. The lowest BCUT2D eigenvalue weighted by Gasteiger charge is -2.29. The number of benzene rings is 1. The van der Waals surface area contributed by atoms with E-state index in [1.807, 2.05) is 0 Å². The van der Waals surface area contributed by atoms with Crippen molar-refractivity contribution in [3.05, 3.63) is 62.4 Å². The number of carbonyl (C=O) groups excluding carboxylic acids is 2. The predicted molar refractivity (Wildman–Crippen MR) is 85.6 cm³/mol. The van der Waals surface area contributed by atoms with Gasteiger partial charge in [0.25, 0.3) is 5.69 Å². The fourth-order valence-electron chi connectivity index (χ4n) is 2.66. The Balaban J connectivity index is 3.07. The van der Waals surface area contributed by atoms with Gasteiger partial charge in [-0.3, -0.25) is 14.9 Å². The molecule has 1 atom stereocenters. The predicted octanol–water partition coefficient (Wildman–Crippen LogP) is 1.49. The molecule has 1 aliphatic rings. The van der Waals surface area contributed by atoms with Crippen LogP contribution in [0.1, 0.15) is 30.8 Å². The summed E-state index contributed by atoms with van der Waals surface area (Å²) >= 11 is 0. The third-order valence-electron chi connectivity index (χ3n) is 3.60. The topological polar surface area (TPSA) is 125 Å². The maximum Gasteiger partial charge on any atom is 0.336 e. The minimum absolute atomic E-state index is 0.198. The first-order valence-corrected chi connectivity index (χ1v) is 6.76. The summed E-state index contributed by atoms with van der Waals surface area (Å²) in [6.07, 6.45) is 0. The molecule has 3 N–H and O–H groups in total. The van der Waals surface area contributed by atoms with Crippen LogP contribution in [0.5, 0.6) is 0 Å². The Morgan fingerprint density at radius 3 is 2.42 bits per heavy atom. The first kappa shape index (κ1) is 12.3. The average molecular weight is 335 g/mol. The van der Waals surface area contributed by atoms with E-state index < -0.39 is 58.1 Å². The number of rotatable bonds is 4. The zero-order chi connectivity index (χ0) is 21.5. The van der Waals surface area contributed by atoms with Crippen molar-refractivity contribution in [1.29, 1.82) is 0 Å². The van der Waals surface area contributed by atoms with Crippen molar-refractivity contribution in [3.8, 4) is 0 Å². The van der Waals surface area contributed by atoms with Gasteiger partial charge in [0.1, 0.15) is 0 Å². The van der Waals surface area contributed by atoms with Gasteiger partial charge < -0.3 is 15.8 Å². The molecule has 8 heteroatoms. The minimum Gasteiger partial charge on any atom is -0.466 e. The molecule has 0 spiro atoms. The van der Waals surface area contributed by atoms with Crippen molar-refractivity contribution in [2.75, 3.05) is 7.11 Å². The molecule has 0 bridgehead atoms. The Morgan fingerprint density at radius 1 is 1.29 bits per heavy atom. The number of nitrogens with two attached hydrogens (primary N) is 1. The summed E-state index contributed by atoms with van der Waals surface area (Å²) in [5.41, 5.74) is 3.92. The molecular formula is C16H17N3O5. The molecular weight excluding hydrogens is 314 g/mol. The van der Waals surface area contributed by atoms with Gasteiger partial charge in [-0.05, 0) is 13.8 Å². The Morgan fingerprint density at radius 2 is 1.88 bits per heavy atom. The van der Waals surface area contributed by atoms with Crippen molar-refractivity contribution in [2.45, 2.75) is 19.8 Å². The Kier molecular flexibility index (Phi) is 3.34. The number of dihydropyridines is 1. The van der Waals surface area contributed by atoms with Gasteiger partial charge in [-0.25, -0.2) is 4.79 Å². The molecule has 126 valence electrons. The molecule has 1 amide bonds. The van der Waals surface area contributed by atoms with Crippen LogP contribution in [-0.2, 0) is 14.3 Å². The third kappa shape index (κ3) is 2.85. The molecule has 0 saturated carbocycles. The lowest BCUT2D eigenvalue weighted by molar-refractivity contribution is -0.385. The van der Waals surface area contributed by atoms with Crippen LogP contribution in [0.15, 0.2) is 46.7 Å². The van der Waals surface area contributed by atoms with Crippen LogP contribution >= 0.6 is 0 Å². The molecule has 0 aromatic heterocycles. The maximum atomic E-state index is 12.4. The molecule has 24 heavy (non-hydrogen) atoms. The van der Waals surface area contributed by atoms with E-state index in [0.29, 0.717) is 0 Å². The van der Waals surface area contributed by atoms with E-state index in [2.05, 4.69) is 5.32 Å². The van der Waals surface area contributed by atoms with Gasteiger partial charge >= 0.3 is 5.97 Å². The van der Waals surface area contributed by atoms with Gasteiger partial charge in [-0.15, -0.1) is 0 Å². The van der Waals surface area contributed by atoms with Crippen LogP contribution in [0.25, 0.3) is 0 Å². The Bertz CT molecular complexity index is 987. The minimum atomic E-state index is -1.51. The zero-order valence-electron chi connectivity index (χ0n) is 17.1. The number of esters is 1. The number of hydrogen-bond acceptors (Lipinski definition) is 6. The van der Waals surface area contributed by atoms with Crippen LogP contribution in [-0.4, -0.2) is 23.9 Å². The van der Waals surface area contributed by atoms with E-state index in [1.54, 1.807) is 0 Å². The highest BCUT2D eigenvalue weighted by atomic mass is 16.6. The van der Waals surface area contributed by atoms with Crippen LogP contribution < -0.4 is 11.1 Å². The van der Waals surface area contributed by atoms with E-state index in [0.717, 1.165) is 7.11 Å². The maximum absolute atomic E-state index is 12.4. The summed E-state index contributed by atoms with van der Waals surface area (Å²) in [7, 11) is 1.07. The highest BCUT2D eigenvalue weighted by molar-refractivity contribution is 6.01. The first-order chi connectivity index (χ1) is 12.9. The van der Waals surface area contributed by atoms with Gasteiger partial charge in [-0.1, -0.05) is 18.1 Å². The van der Waals surface area contributed by atoms with Crippen molar-refractivity contribution in [3.63, 3.8) is 0 Å². The number of nitrogens with zero attached hydrogens (tertiary/aromatic N) is 1. The molecule has 0 aliphatic carbocycles. The lowest BCUT2D eigenvalue weighted by Crippen LogP contribution is -2.34. The van der Waals surface area contributed by atoms with Gasteiger partial charge in [0.05, 0.1) is 29.0 Å². The number of ether oxygens (including phenoxy) is 1. The number of carbonyl (C=O) groups is 2. The largest absolute Gasteiger partial charge is 0.466 e. The van der Waals surface area contributed by atoms with Crippen molar-refractivity contribution < 1.29 is 24.7 Å². The number of nitro benzene ring substituents is 1. The summed E-state index contributed by atoms with van der Waals surface area (Å²) in [6, 6.07) is -3.20. The van der Waals surface area contributed by atoms with Crippen LogP contribution in [0, 0.1) is 10.1 Å². The van der Waals surface area contributed by atoms with Gasteiger partial charge in [-0.2, -0.15) is 0 Å². The highest BCUT2D eigenvalue weighted by Crippen LogP contribution is 2.41. The van der Waals surface area contributed by atoms with Gasteiger partial charge in [0.2, 0.25) is 5.91 Å².